The number of oxazole rings is 1. The lowest BCUT2D eigenvalue weighted by Gasteiger charge is -2.13. The third-order valence-electron chi connectivity index (χ3n) is 4.29. The molecule has 0 bridgehead atoms. The smallest absolute Gasteiger partial charge is 0.227 e. The Hall–Kier alpha value is -1.99. The summed E-state index contributed by atoms with van der Waals surface area (Å²) >= 11 is 1.66. The number of rotatable bonds is 4. The van der Waals surface area contributed by atoms with Crippen LogP contribution in [-0.2, 0) is 6.54 Å². The first-order valence-corrected chi connectivity index (χ1v) is 8.73. The van der Waals surface area contributed by atoms with Crippen LogP contribution in [0.1, 0.15) is 35.4 Å². The van der Waals surface area contributed by atoms with Crippen molar-refractivity contribution >= 4 is 11.3 Å². The number of aryl methyl sites for hydroxylation is 2. The second kappa shape index (κ2) is 5.90. The fraction of sp³-hybridized carbons (Fsp3) is 0.438. The van der Waals surface area contributed by atoms with Crippen LogP contribution in [-0.4, -0.2) is 38.2 Å². The van der Waals surface area contributed by atoms with Crippen LogP contribution in [0.25, 0.3) is 11.5 Å². The number of aromatic amines is 1. The molecule has 4 rings (SSSR count). The molecule has 1 aliphatic heterocycles. The molecule has 1 aliphatic rings. The summed E-state index contributed by atoms with van der Waals surface area (Å²) in [5.41, 5.74) is 2.08. The van der Waals surface area contributed by atoms with Crippen LogP contribution < -0.4 is 0 Å². The fourth-order valence-electron chi connectivity index (χ4n) is 3.03. The largest absolute Gasteiger partial charge is 0.441 e. The summed E-state index contributed by atoms with van der Waals surface area (Å²) in [6, 6.07) is 2.04. The van der Waals surface area contributed by atoms with E-state index in [-0.39, 0.29) is 0 Å². The zero-order valence-corrected chi connectivity index (χ0v) is 14.1. The number of likely N-dealkylation sites (tertiary alicyclic amines) is 1. The zero-order chi connectivity index (χ0) is 15.8. The van der Waals surface area contributed by atoms with Crippen molar-refractivity contribution in [2.24, 2.45) is 0 Å². The number of nitrogens with one attached hydrogen (secondary N) is 1. The Morgan fingerprint density at radius 3 is 3.04 bits per heavy atom. The van der Waals surface area contributed by atoms with E-state index in [1.165, 1.54) is 0 Å². The molecule has 3 aromatic heterocycles. The average Bonchev–Trinajstić information content (AvgIpc) is 3.28. The summed E-state index contributed by atoms with van der Waals surface area (Å²) in [6.45, 7) is 6.76. The molecule has 0 aliphatic carbocycles. The second-order valence-electron chi connectivity index (χ2n) is 6.03. The maximum atomic E-state index is 5.82. The third-order valence-corrected chi connectivity index (χ3v) is 4.97. The van der Waals surface area contributed by atoms with Crippen molar-refractivity contribution in [3.05, 3.63) is 39.9 Å². The maximum Gasteiger partial charge on any atom is 0.227 e. The minimum atomic E-state index is 0.406. The van der Waals surface area contributed by atoms with E-state index < -0.39 is 0 Å². The van der Waals surface area contributed by atoms with Crippen LogP contribution in [0.15, 0.2) is 21.2 Å². The van der Waals surface area contributed by atoms with Crippen molar-refractivity contribution in [3.8, 4) is 11.5 Å². The Kier molecular flexibility index (Phi) is 3.74. The molecule has 0 amide bonds. The van der Waals surface area contributed by atoms with Crippen molar-refractivity contribution in [2.45, 2.75) is 32.7 Å². The lowest BCUT2D eigenvalue weighted by Crippen LogP contribution is -2.20. The standard InChI is InChI=1S/C16H19N5OS/c1-10-14(18-16(22-10)13-4-6-23-9-13)8-21-5-3-12(7-21)15-17-11(2)19-20-15/h4,6,9,12H,3,5,7-8H2,1-2H3,(H,17,19,20). The van der Waals surface area contributed by atoms with E-state index in [0.717, 1.165) is 60.6 Å². The highest BCUT2D eigenvalue weighted by atomic mass is 32.1. The first-order chi connectivity index (χ1) is 11.2. The Balaban J connectivity index is 1.45. The van der Waals surface area contributed by atoms with Crippen molar-refractivity contribution in [2.75, 3.05) is 13.1 Å². The van der Waals surface area contributed by atoms with Crippen LogP contribution in [0.3, 0.4) is 0 Å². The number of hydrogen-bond acceptors (Lipinski definition) is 6. The number of H-pyrrole nitrogens is 1. The Morgan fingerprint density at radius 2 is 2.30 bits per heavy atom. The number of aromatic nitrogens is 4. The molecule has 0 aromatic carbocycles. The molecule has 1 unspecified atom stereocenters. The number of hydrogen-bond donors (Lipinski definition) is 1. The quantitative estimate of drug-likeness (QED) is 0.796. The molecule has 1 N–H and O–H groups in total. The van der Waals surface area contributed by atoms with Gasteiger partial charge in [0, 0.05) is 30.0 Å². The maximum absolute atomic E-state index is 5.82. The summed E-state index contributed by atoms with van der Waals surface area (Å²) in [4.78, 5) is 11.5. The van der Waals surface area contributed by atoms with Crippen molar-refractivity contribution in [1.82, 2.24) is 25.1 Å². The Morgan fingerprint density at radius 1 is 1.39 bits per heavy atom. The monoisotopic (exact) mass is 329 g/mol. The van der Waals surface area contributed by atoms with Crippen LogP contribution in [0.2, 0.25) is 0 Å². The lowest BCUT2D eigenvalue weighted by atomic mass is 10.1. The van der Waals surface area contributed by atoms with Gasteiger partial charge in [0.1, 0.15) is 11.6 Å². The SMILES string of the molecule is Cc1nc(C2CCN(Cc3nc(-c4ccsc4)oc3C)C2)n[nH]1. The summed E-state index contributed by atoms with van der Waals surface area (Å²) in [5.74, 6) is 3.85. The summed E-state index contributed by atoms with van der Waals surface area (Å²) in [7, 11) is 0. The van der Waals surface area contributed by atoms with Gasteiger partial charge in [-0.3, -0.25) is 10.00 Å². The minimum Gasteiger partial charge on any atom is -0.441 e. The number of nitrogens with zero attached hydrogens (tertiary/aromatic N) is 4. The highest BCUT2D eigenvalue weighted by molar-refractivity contribution is 7.08. The molecular weight excluding hydrogens is 310 g/mol. The normalized spacial score (nSPS) is 18.8. The fourth-order valence-corrected chi connectivity index (χ4v) is 3.66. The van der Waals surface area contributed by atoms with Crippen LogP contribution in [0.4, 0.5) is 0 Å². The van der Waals surface area contributed by atoms with Gasteiger partial charge in [0.05, 0.1) is 5.69 Å². The molecule has 4 heterocycles. The lowest BCUT2D eigenvalue weighted by molar-refractivity contribution is 0.320. The van der Waals surface area contributed by atoms with E-state index in [1.54, 1.807) is 11.3 Å². The first-order valence-electron chi connectivity index (χ1n) is 7.79. The topological polar surface area (TPSA) is 70.8 Å². The van der Waals surface area contributed by atoms with Crippen LogP contribution >= 0.6 is 11.3 Å². The minimum absolute atomic E-state index is 0.406. The van der Waals surface area contributed by atoms with Crippen molar-refractivity contribution in [3.63, 3.8) is 0 Å². The molecule has 0 spiro atoms. The molecular formula is C16H19N5OS. The molecule has 1 fully saturated rings. The van der Waals surface area contributed by atoms with Crippen molar-refractivity contribution < 1.29 is 4.42 Å². The molecule has 1 atom stereocenters. The summed E-state index contributed by atoms with van der Waals surface area (Å²) < 4.78 is 5.82. The Labute approximate surface area is 138 Å². The molecule has 7 heteroatoms. The summed E-state index contributed by atoms with van der Waals surface area (Å²) in [6.07, 6.45) is 1.09. The van der Waals surface area contributed by atoms with Gasteiger partial charge in [-0.25, -0.2) is 9.97 Å². The second-order valence-corrected chi connectivity index (χ2v) is 6.81. The van der Waals surface area contributed by atoms with E-state index in [9.17, 15) is 0 Å². The van der Waals surface area contributed by atoms with E-state index in [0.29, 0.717) is 5.92 Å². The molecule has 0 saturated carbocycles. The van der Waals surface area contributed by atoms with E-state index in [2.05, 4.69) is 30.4 Å². The van der Waals surface area contributed by atoms with E-state index in [4.69, 9.17) is 4.42 Å². The molecule has 120 valence electrons. The highest BCUT2D eigenvalue weighted by Gasteiger charge is 2.28. The van der Waals surface area contributed by atoms with Gasteiger partial charge in [-0.2, -0.15) is 16.4 Å². The van der Waals surface area contributed by atoms with Crippen molar-refractivity contribution in [1.29, 1.82) is 0 Å². The third kappa shape index (κ3) is 2.94. The number of thiophene rings is 1. The predicted octanol–water partition coefficient (Wildman–Crippen LogP) is 3.13. The Bertz CT molecular complexity index is 791. The molecule has 6 nitrogen and oxygen atoms in total. The predicted molar refractivity (Wildman–Crippen MR) is 88.3 cm³/mol. The van der Waals surface area contributed by atoms with Crippen LogP contribution in [0.5, 0.6) is 0 Å². The van der Waals surface area contributed by atoms with Gasteiger partial charge in [-0.1, -0.05) is 0 Å². The van der Waals surface area contributed by atoms with Gasteiger partial charge in [0.25, 0.3) is 0 Å². The van der Waals surface area contributed by atoms with Gasteiger partial charge in [0.15, 0.2) is 5.82 Å². The van der Waals surface area contributed by atoms with Gasteiger partial charge in [-0.15, -0.1) is 0 Å². The first kappa shape index (κ1) is 14.6. The van der Waals surface area contributed by atoms with E-state index >= 15 is 0 Å². The van der Waals surface area contributed by atoms with Gasteiger partial charge < -0.3 is 4.42 Å². The van der Waals surface area contributed by atoms with Crippen LogP contribution in [0, 0.1) is 13.8 Å². The molecule has 1 saturated heterocycles. The van der Waals surface area contributed by atoms with Gasteiger partial charge in [0.2, 0.25) is 5.89 Å². The zero-order valence-electron chi connectivity index (χ0n) is 13.2. The van der Waals surface area contributed by atoms with Gasteiger partial charge in [-0.05, 0) is 38.3 Å². The molecule has 23 heavy (non-hydrogen) atoms. The summed E-state index contributed by atoms with van der Waals surface area (Å²) in [5, 5.41) is 11.3. The average molecular weight is 329 g/mol. The highest BCUT2D eigenvalue weighted by Crippen LogP contribution is 2.28. The molecule has 0 radical (unpaired) electrons. The van der Waals surface area contributed by atoms with Gasteiger partial charge >= 0.3 is 0 Å². The van der Waals surface area contributed by atoms with E-state index in [1.807, 2.05) is 25.3 Å². The molecule has 3 aromatic rings.